The molecule has 0 radical (unpaired) electrons. The van der Waals surface area contributed by atoms with Crippen molar-refractivity contribution < 1.29 is 14.7 Å². The maximum absolute atomic E-state index is 12.2. The van der Waals surface area contributed by atoms with E-state index in [1.807, 2.05) is 38.1 Å². The molecule has 0 bridgehead atoms. The highest BCUT2D eigenvalue weighted by Gasteiger charge is 2.44. The standard InChI is InChI=1S/C16H22N2O3/c1-3-16(14(19)20)7-8-18(11-16)15(21)17-10-13-6-4-5-12(2)9-13/h4-6,9H,3,7-8,10-11H2,1-2H3,(H,17,21)(H,19,20). The average Bonchev–Trinajstić information content (AvgIpc) is 2.91. The molecule has 1 aliphatic rings. The first-order valence-electron chi connectivity index (χ1n) is 7.28. The van der Waals surface area contributed by atoms with E-state index in [1.54, 1.807) is 4.90 Å². The van der Waals surface area contributed by atoms with Gasteiger partial charge in [0.25, 0.3) is 0 Å². The van der Waals surface area contributed by atoms with E-state index in [4.69, 9.17) is 0 Å². The normalized spacial score (nSPS) is 21.3. The molecule has 1 unspecified atom stereocenters. The minimum atomic E-state index is -0.806. The van der Waals surface area contributed by atoms with Crippen molar-refractivity contribution >= 4 is 12.0 Å². The minimum absolute atomic E-state index is 0.187. The molecule has 2 N–H and O–H groups in total. The smallest absolute Gasteiger partial charge is 0.317 e. The highest BCUT2D eigenvalue weighted by atomic mass is 16.4. The molecule has 0 saturated carbocycles. The molecule has 0 spiro atoms. The highest BCUT2D eigenvalue weighted by molar-refractivity contribution is 5.79. The second-order valence-corrected chi connectivity index (χ2v) is 5.76. The van der Waals surface area contributed by atoms with Crippen LogP contribution in [-0.2, 0) is 11.3 Å². The topological polar surface area (TPSA) is 69.6 Å². The van der Waals surface area contributed by atoms with Gasteiger partial charge in [0.2, 0.25) is 0 Å². The summed E-state index contributed by atoms with van der Waals surface area (Å²) in [7, 11) is 0. The lowest BCUT2D eigenvalue weighted by Crippen LogP contribution is -2.41. The van der Waals surface area contributed by atoms with Crippen LogP contribution < -0.4 is 5.32 Å². The Balaban J connectivity index is 1.92. The van der Waals surface area contributed by atoms with E-state index in [-0.39, 0.29) is 6.03 Å². The third-order valence-corrected chi connectivity index (χ3v) is 4.30. The molecule has 21 heavy (non-hydrogen) atoms. The van der Waals surface area contributed by atoms with E-state index in [1.165, 1.54) is 0 Å². The van der Waals surface area contributed by atoms with Crippen molar-refractivity contribution in [2.24, 2.45) is 5.41 Å². The lowest BCUT2D eigenvalue weighted by atomic mass is 9.84. The van der Waals surface area contributed by atoms with E-state index in [9.17, 15) is 14.7 Å². The fraction of sp³-hybridized carbons (Fsp3) is 0.500. The number of hydrogen-bond acceptors (Lipinski definition) is 2. The second-order valence-electron chi connectivity index (χ2n) is 5.76. The first kappa shape index (κ1) is 15.4. The Morgan fingerprint density at radius 3 is 2.76 bits per heavy atom. The summed E-state index contributed by atoms with van der Waals surface area (Å²) in [6, 6.07) is 7.77. The van der Waals surface area contributed by atoms with Gasteiger partial charge >= 0.3 is 12.0 Å². The van der Waals surface area contributed by atoms with Crippen molar-refractivity contribution in [3.05, 3.63) is 35.4 Å². The molecule has 1 saturated heterocycles. The van der Waals surface area contributed by atoms with Crippen LogP contribution in [-0.4, -0.2) is 35.1 Å². The molecule has 0 aromatic heterocycles. The summed E-state index contributed by atoms with van der Waals surface area (Å²) in [5.41, 5.74) is 1.42. The maximum atomic E-state index is 12.2. The van der Waals surface area contributed by atoms with Gasteiger partial charge in [0.05, 0.1) is 5.41 Å². The molecular weight excluding hydrogens is 268 g/mol. The fourth-order valence-electron chi connectivity index (χ4n) is 2.77. The summed E-state index contributed by atoms with van der Waals surface area (Å²) in [6.07, 6.45) is 1.07. The van der Waals surface area contributed by atoms with Gasteiger partial charge in [-0.3, -0.25) is 4.79 Å². The van der Waals surface area contributed by atoms with Crippen molar-refractivity contribution in [1.82, 2.24) is 10.2 Å². The number of amides is 2. The molecule has 1 fully saturated rings. The summed E-state index contributed by atoms with van der Waals surface area (Å²) in [4.78, 5) is 25.1. The largest absolute Gasteiger partial charge is 0.481 e. The zero-order valence-corrected chi connectivity index (χ0v) is 12.6. The highest BCUT2D eigenvalue weighted by Crippen LogP contribution is 2.34. The van der Waals surface area contributed by atoms with E-state index >= 15 is 0 Å². The monoisotopic (exact) mass is 290 g/mol. The van der Waals surface area contributed by atoms with Gasteiger partial charge in [-0.05, 0) is 25.3 Å². The van der Waals surface area contributed by atoms with Crippen LogP contribution in [0.5, 0.6) is 0 Å². The van der Waals surface area contributed by atoms with Crippen molar-refractivity contribution in [3.8, 4) is 0 Å². The molecule has 0 aliphatic carbocycles. The summed E-state index contributed by atoms with van der Waals surface area (Å²) >= 11 is 0. The van der Waals surface area contributed by atoms with Gasteiger partial charge in [-0.2, -0.15) is 0 Å². The number of aliphatic carboxylic acids is 1. The molecule has 1 aromatic rings. The Morgan fingerprint density at radius 1 is 1.43 bits per heavy atom. The number of carbonyl (C=O) groups excluding carboxylic acids is 1. The van der Waals surface area contributed by atoms with Crippen molar-refractivity contribution in [3.63, 3.8) is 0 Å². The lowest BCUT2D eigenvalue weighted by Gasteiger charge is -2.23. The van der Waals surface area contributed by atoms with Gasteiger partial charge in [0, 0.05) is 19.6 Å². The summed E-state index contributed by atoms with van der Waals surface area (Å²) in [5.74, 6) is -0.806. The summed E-state index contributed by atoms with van der Waals surface area (Å²) in [5, 5.41) is 12.2. The number of aryl methyl sites for hydroxylation is 1. The Morgan fingerprint density at radius 2 is 2.19 bits per heavy atom. The number of benzene rings is 1. The summed E-state index contributed by atoms with van der Waals surface area (Å²) < 4.78 is 0. The molecule has 5 heteroatoms. The molecule has 2 rings (SSSR count). The third kappa shape index (κ3) is 3.35. The molecular formula is C16H22N2O3. The van der Waals surface area contributed by atoms with Crippen molar-refractivity contribution in [1.29, 1.82) is 0 Å². The van der Waals surface area contributed by atoms with Crippen molar-refractivity contribution in [2.75, 3.05) is 13.1 Å². The predicted octanol–water partition coefficient (Wildman–Crippen LogP) is 2.39. The SMILES string of the molecule is CCC1(C(=O)O)CCN(C(=O)NCc2cccc(C)c2)C1. The van der Waals surface area contributed by atoms with E-state index in [2.05, 4.69) is 5.32 Å². The van der Waals surface area contributed by atoms with Crippen LogP contribution in [0, 0.1) is 12.3 Å². The van der Waals surface area contributed by atoms with Crippen LogP contribution in [0.1, 0.15) is 30.9 Å². The molecule has 114 valence electrons. The van der Waals surface area contributed by atoms with Gasteiger partial charge in [0.1, 0.15) is 0 Å². The van der Waals surface area contributed by atoms with E-state index in [0.717, 1.165) is 11.1 Å². The van der Waals surface area contributed by atoms with Crippen LogP contribution in [0.4, 0.5) is 4.79 Å². The van der Waals surface area contributed by atoms with Crippen LogP contribution in [0.25, 0.3) is 0 Å². The van der Waals surface area contributed by atoms with Gasteiger partial charge < -0.3 is 15.3 Å². The van der Waals surface area contributed by atoms with Gasteiger partial charge in [-0.25, -0.2) is 4.79 Å². The molecule has 1 aliphatic heterocycles. The van der Waals surface area contributed by atoms with Crippen LogP contribution in [0.2, 0.25) is 0 Å². The number of carboxylic acid groups (broad SMARTS) is 1. The van der Waals surface area contributed by atoms with Crippen LogP contribution in [0.3, 0.4) is 0 Å². The number of urea groups is 1. The van der Waals surface area contributed by atoms with Crippen molar-refractivity contribution in [2.45, 2.75) is 33.2 Å². The van der Waals surface area contributed by atoms with Gasteiger partial charge in [0.15, 0.2) is 0 Å². The lowest BCUT2D eigenvalue weighted by molar-refractivity contribution is -0.148. The number of carboxylic acids is 1. The number of nitrogens with zero attached hydrogens (tertiary/aromatic N) is 1. The number of rotatable bonds is 4. The van der Waals surface area contributed by atoms with E-state index in [0.29, 0.717) is 32.5 Å². The molecule has 1 heterocycles. The zero-order valence-electron chi connectivity index (χ0n) is 12.6. The molecule has 1 atom stereocenters. The predicted molar refractivity (Wildman–Crippen MR) is 80.0 cm³/mol. The fourth-order valence-corrected chi connectivity index (χ4v) is 2.77. The Hall–Kier alpha value is -2.04. The van der Waals surface area contributed by atoms with Crippen LogP contribution in [0.15, 0.2) is 24.3 Å². The minimum Gasteiger partial charge on any atom is -0.481 e. The van der Waals surface area contributed by atoms with Gasteiger partial charge in [-0.1, -0.05) is 36.8 Å². The first-order chi connectivity index (χ1) is 9.97. The number of nitrogens with one attached hydrogen (secondary N) is 1. The van der Waals surface area contributed by atoms with Gasteiger partial charge in [-0.15, -0.1) is 0 Å². The quantitative estimate of drug-likeness (QED) is 0.894. The Labute approximate surface area is 125 Å². The molecule has 5 nitrogen and oxygen atoms in total. The Bertz CT molecular complexity index is 544. The average molecular weight is 290 g/mol. The number of hydrogen-bond donors (Lipinski definition) is 2. The summed E-state index contributed by atoms with van der Waals surface area (Å²) in [6.45, 7) is 5.12. The number of carbonyl (C=O) groups is 2. The Kier molecular flexibility index (Phi) is 4.50. The van der Waals surface area contributed by atoms with E-state index < -0.39 is 11.4 Å². The second kappa shape index (κ2) is 6.16. The van der Waals surface area contributed by atoms with Crippen LogP contribution >= 0.6 is 0 Å². The first-order valence-corrected chi connectivity index (χ1v) is 7.28. The maximum Gasteiger partial charge on any atom is 0.317 e. The number of likely N-dealkylation sites (tertiary alicyclic amines) is 1. The zero-order chi connectivity index (χ0) is 15.5. The molecule has 1 aromatic carbocycles. The molecule has 2 amide bonds. The third-order valence-electron chi connectivity index (χ3n) is 4.30.